The first-order valence-corrected chi connectivity index (χ1v) is 15.7. The van der Waals surface area contributed by atoms with Crippen molar-refractivity contribution in [2.75, 3.05) is 39.4 Å². The van der Waals surface area contributed by atoms with E-state index in [-0.39, 0.29) is 11.6 Å². The van der Waals surface area contributed by atoms with Gasteiger partial charge in [0.25, 0.3) is 0 Å². The fourth-order valence-electron chi connectivity index (χ4n) is 5.26. The lowest BCUT2D eigenvalue weighted by Crippen LogP contribution is -2.22. The quantitative estimate of drug-likeness (QED) is 0.110. The van der Waals surface area contributed by atoms with Crippen LogP contribution in [0.15, 0.2) is 60.7 Å². The number of hydrogen-bond donors (Lipinski definition) is 2. The van der Waals surface area contributed by atoms with Crippen LogP contribution in [0.25, 0.3) is 21.5 Å². The van der Waals surface area contributed by atoms with Gasteiger partial charge in [0.15, 0.2) is 0 Å². The number of rotatable bonds is 19. The first-order valence-electron chi connectivity index (χ1n) is 15.7. The molecule has 6 heteroatoms. The molecular formula is C36H46F2N2O2. The maximum atomic E-state index is 14.8. The molecule has 42 heavy (non-hydrogen) atoms. The van der Waals surface area contributed by atoms with Gasteiger partial charge in [0.1, 0.15) is 23.1 Å². The van der Waals surface area contributed by atoms with E-state index in [4.69, 9.17) is 9.47 Å². The lowest BCUT2D eigenvalue weighted by Gasteiger charge is -2.16. The van der Waals surface area contributed by atoms with E-state index in [1.165, 1.54) is 0 Å². The van der Waals surface area contributed by atoms with Crippen molar-refractivity contribution in [1.29, 1.82) is 0 Å². The van der Waals surface area contributed by atoms with Crippen molar-refractivity contribution in [3.05, 3.63) is 83.4 Å². The number of ether oxygens (including phenoxy) is 2. The first kappa shape index (κ1) is 31.7. The molecule has 226 valence electrons. The zero-order valence-electron chi connectivity index (χ0n) is 25.2. The normalized spacial score (nSPS) is 11.4. The number of unbranched alkanes of at least 4 members (excludes halogenated alkanes) is 3. The van der Waals surface area contributed by atoms with E-state index in [2.05, 4.69) is 24.5 Å². The molecule has 0 saturated heterocycles. The van der Waals surface area contributed by atoms with E-state index in [9.17, 15) is 8.78 Å². The number of fused-ring (bicyclic) bond motifs is 2. The van der Waals surface area contributed by atoms with Crippen LogP contribution in [0, 0.1) is 11.6 Å². The fourth-order valence-corrected chi connectivity index (χ4v) is 5.26. The summed E-state index contributed by atoms with van der Waals surface area (Å²) in [4.78, 5) is 0. The highest BCUT2D eigenvalue weighted by atomic mass is 19.1. The van der Waals surface area contributed by atoms with E-state index in [1.807, 2.05) is 48.5 Å². The summed E-state index contributed by atoms with van der Waals surface area (Å²) in [6.07, 6.45) is 7.57. The molecule has 4 nitrogen and oxygen atoms in total. The van der Waals surface area contributed by atoms with E-state index < -0.39 is 0 Å². The molecule has 4 rings (SSSR count). The summed E-state index contributed by atoms with van der Waals surface area (Å²) >= 11 is 0. The number of hydrogen-bond acceptors (Lipinski definition) is 4. The molecule has 2 N–H and O–H groups in total. The van der Waals surface area contributed by atoms with Gasteiger partial charge >= 0.3 is 0 Å². The van der Waals surface area contributed by atoms with E-state index >= 15 is 0 Å². The molecule has 4 aromatic carbocycles. The predicted octanol–water partition coefficient (Wildman–Crippen LogP) is 8.37. The van der Waals surface area contributed by atoms with Gasteiger partial charge in [0.05, 0.1) is 13.2 Å². The van der Waals surface area contributed by atoms with E-state index in [0.717, 1.165) is 98.1 Å². The summed E-state index contributed by atoms with van der Waals surface area (Å²) in [6, 6.07) is 18.4. The molecule has 4 aromatic rings. The Labute approximate surface area is 249 Å². The Kier molecular flexibility index (Phi) is 12.9. The van der Waals surface area contributed by atoms with Gasteiger partial charge in [-0.15, -0.1) is 0 Å². The average Bonchev–Trinajstić information content (AvgIpc) is 3.01. The number of nitrogens with one attached hydrogen (secondary N) is 2. The van der Waals surface area contributed by atoms with Crippen molar-refractivity contribution < 1.29 is 18.3 Å². The Morgan fingerprint density at radius 1 is 0.548 bits per heavy atom. The van der Waals surface area contributed by atoms with Crippen LogP contribution in [0.5, 0.6) is 11.5 Å². The molecule has 0 radical (unpaired) electrons. The smallest absolute Gasteiger partial charge is 0.131 e. The van der Waals surface area contributed by atoms with Crippen molar-refractivity contribution in [2.24, 2.45) is 0 Å². The second kappa shape index (κ2) is 17.0. The molecule has 0 spiro atoms. The maximum absolute atomic E-state index is 14.8. The van der Waals surface area contributed by atoms with Gasteiger partial charge in [-0.2, -0.15) is 0 Å². The Morgan fingerprint density at radius 2 is 0.952 bits per heavy atom. The number of benzene rings is 4. The van der Waals surface area contributed by atoms with Gasteiger partial charge in [-0.05, 0) is 88.0 Å². The van der Waals surface area contributed by atoms with Crippen LogP contribution >= 0.6 is 0 Å². The van der Waals surface area contributed by atoms with Crippen molar-refractivity contribution in [1.82, 2.24) is 10.6 Å². The van der Waals surface area contributed by atoms with Gasteiger partial charge in [-0.25, -0.2) is 8.78 Å². The Hall–Kier alpha value is -3.22. The third-order valence-electron chi connectivity index (χ3n) is 7.63. The fraction of sp³-hybridized carbons (Fsp3) is 0.444. The van der Waals surface area contributed by atoms with Crippen LogP contribution < -0.4 is 20.1 Å². The molecule has 0 aliphatic carbocycles. The van der Waals surface area contributed by atoms with Crippen molar-refractivity contribution in [2.45, 2.75) is 65.2 Å². The molecule has 0 fully saturated rings. The zero-order valence-corrected chi connectivity index (χ0v) is 25.2. The second-order valence-electron chi connectivity index (χ2n) is 10.9. The van der Waals surface area contributed by atoms with Crippen molar-refractivity contribution >= 4 is 21.5 Å². The van der Waals surface area contributed by atoms with E-state index in [1.54, 1.807) is 12.1 Å². The highest BCUT2D eigenvalue weighted by Gasteiger charge is 2.14. The standard InChI is InChI=1S/C36H46F2N2O2/c1-3-5-23-41-35-27(25-33(37)29-13-7-9-15-31(29)35)17-21-39-19-11-12-20-40-22-18-28-26-34(38)30-14-8-10-16-32(30)36(28)42-24-6-4-2/h7-10,13-16,25-26,39-40H,3-6,11-12,17-24H2,1-2H3. The van der Waals surface area contributed by atoms with Crippen molar-refractivity contribution in [3.63, 3.8) is 0 Å². The third kappa shape index (κ3) is 8.65. The molecule has 0 aliphatic rings. The van der Waals surface area contributed by atoms with Crippen LogP contribution in [0.2, 0.25) is 0 Å². The molecule has 0 heterocycles. The van der Waals surface area contributed by atoms with Crippen LogP contribution in [0.4, 0.5) is 8.78 Å². The molecule has 0 unspecified atom stereocenters. The summed E-state index contributed by atoms with van der Waals surface area (Å²) < 4.78 is 41.8. The van der Waals surface area contributed by atoms with Gasteiger partial charge in [-0.1, -0.05) is 75.2 Å². The van der Waals surface area contributed by atoms with Crippen LogP contribution in [0.1, 0.15) is 63.5 Å². The molecule has 0 amide bonds. The summed E-state index contributed by atoms with van der Waals surface area (Å²) in [5.41, 5.74) is 1.83. The Bertz CT molecular complexity index is 1300. The van der Waals surface area contributed by atoms with Crippen LogP contribution in [-0.4, -0.2) is 39.4 Å². The largest absolute Gasteiger partial charge is 0.493 e. The highest BCUT2D eigenvalue weighted by molar-refractivity contribution is 5.91. The van der Waals surface area contributed by atoms with Crippen molar-refractivity contribution in [3.8, 4) is 11.5 Å². The lowest BCUT2D eigenvalue weighted by atomic mass is 10.0. The van der Waals surface area contributed by atoms with Gasteiger partial charge in [-0.3, -0.25) is 0 Å². The van der Waals surface area contributed by atoms with Crippen LogP contribution in [-0.2, 0) is 12.8 Å². The molecular weight excluding hydrogens is 530 g/mol. The Morgan fingerprint density at radius 3 is 1.36 bits per heavy atom. The summed E-state index contributed by atoms with van der Waals surface area (Å²) in [5, 5.41) is 9.92. The molecule has 0 aliphatic heterocycles. The topological polar surface area (TPSA) is 42.5 Å². The minimum absolute atomic E-state index is 0.194. The van der Waals surface area contributed by atoms with E-state index in [0.29, 0.717) is 36.8 Å². The lowest BCUT2D eigenvalue weighted by molar-refractivity contribution is 0.309. The summed E-state index contributed by atoms with van der Waals surface area (Å²) in [5.74, 6) is 1.24. The molecule has 0 saturated carbocycles. The highest BCUT2D eigenvalue weighted by Crippen LogP contribution is 2.34. The average molecular weight is 577 g/mol. The molecule has 0 atom stereocenters. The van der Waals surface area contributed by atoms with Gasteiger partial charge in [0.2, 0.25) is 0 Å². The monoisotopic (exact) mass is 576 g/mol. The second-order valence-corrected chi connectivity index (χ2v) is 10.9. The minimum atomic E-state index is -0.194. The number of halogens is 2. The first-order chi connectivity index (χ1) is 20.6. The maximum Gasteiger partial charge on any atom is 0.131 e. The minimum Gasteiger partial charge on any atom is -0.493 e. The summed E-state index contributed by atoms with van der Waals surface area (Å²) in [6.45, 7) is 8.89. The van der Waals surface area contributed by atoms with Crippen LogP contribution in [0.3, 0.4) is 0 Å². The molecule has 0 aromatic heterocycles. The Balaban J connectivity index is 1.19. The molecule has 0 bridgehead atoms. The van der Waals surface area contributed by atoms with Gasteiger partial charge < -0.3 is 20.1 Å². The summed E-state index contributed by atoms with van der Waals surface area (Å²) in [7, 11) is 0. The third-order valence-corrected chi connectivity index (χ3v) is 7.63. The zero-order chi connectivity index (χ0) is 29.6. The SMILES string of the molecule is CCCCOc1c(CCNCCCCNCCc2cc(F)c3ccccc3c2OCCCC)cc(F)c2ccccc12. The predicted molar refractivity (Wildman–Crippen MR) is 171 cm³/mol. The van der Waals surface area contributed by atoms with Gasteiger partial charge in [0, 0.05) is 21.5 Å².